The summed E-state index contributed by atoms with van der Waals surface area (Å²) < 4.78 is 26.6. The van der Waals surface area contributed by atoms with E-state index < -0.39 is 17.6 Å². The summed E-state index contributed by atoms with van der Waals surface area (Å²) in [5.41, 5.74) is 1.82. The van der Waals surface area contributed by atoms with E-state index >= 15 is 0 Å². The smallest absolute Gasteiger partial charge is 0.231 e. The van der Waals surface area contributed by atoms with E-state index in [0.29, 0.717) is 35.5 Å². The molecule has 4 rings (SSSR count). The molecule has 1 fully saturated rings. The van der Waals surface area contributed by atoms with Crippen LogP contribution in [0.3, 0.4) is 0 Å². The standard InChI is InChI=1S/C20H14ClF2N5O/c21-18-17(13-3-5-25-26-10-13)16(9-24)27-19(18)28-6-4-12(20(28)29)7-11-1-2-14(22)15(23)8-11/h1-3,5,8,10,12,27H,4,6-7H2. The van der Waals surface area contributed by atoms with Crippen molar-refractivity contribution in [2.45, 2.75) is 12.8 Å². The summed E-state index contributed by atoms with van der Waals surface area (Å²) in [7, 11) is 0. The summed E-state index contributed by atoms with van der Waals surface area (Å²) in [6.45, 7) is 0.395. The largest absolute Gasteiger partial charge is 0.331 e. The molecule has 146 valence electrons. The second kappa shape index (κ2) is 7.60. The van der Waals surface area contributed by atoms with Gasteiger partial charge >= 0.3 is 0 Å². The summed E-state index contributed by atoms with van der Waals surface area (Å²) in [5.74, 6) is -2.11. The molecule has 1 aliphatic rings. The van der Waals surface area contributed by atoms with E-state index in [2.05, 4.69) is 21.3 Å². The predicted octanol–water partition coefficient (Wildman–Crippen LogP) is 3.87. The number of anilines is 1. The molecule has 1 N–H and O–H groups in total. The second-order valence-electron chi connectivity index (χ2n) is 6.71. The molecule has 1 aliphatic heterocycles. The first-order valence-electron chi connectivity index (χ1n) is 8.83. The molecule has 29 heavy (non-hydrogen) atoms. The van der Waals surface area contributed by atoms with Gasteiger partial charge in [0.25, 0.3) is 0 Å². The van der Waals surface area contributed by atoms with Crippen LogP contribution in [0.4, 0.5) is 14.6 Å². The molecule has 0 radical (unpaired) electrons. The Kier molecular flexibility index (Phi) is 4.99. The Morgan fingerprint density at radius 2 is 2.10 bits per heavy atom. The van der Waals surface area contributed by atoms with Crippen molar-refractivity contribution in [1.29, 1.82) is 5.26 Å². The Morgan fingerprint density at radius 3 is 2.79 bits per heavy atom. The number of halogens is 3. The Morgan fingerprint density at radius 1 is 1.28 bits per heavy atom. The molecule has 0 aliphatic carbocycles. The molecule has 1 saturated heterocycles. The van der Waals surface area contributed by atoms with Crippen LogP contribution < -0.4 is 4.90 Å². The number of hydrogen-bond donors (Lipinski definition) is 1. The van der Waals surface area contributed by atoms with E-state index in [-0.39, 0.29) is 23.0 Å². The highest BCUT2D eigenvalue weighted by molar-refractivity contribution is 6.37. The van der Waals surface area contributed by atoms with E-state index in [9.17, 15) is 18.8 Å². The number of aromatic nitrogens is 3. The van der Waals surface area contributed by atoms with Crippen molar-refractivity contribution in [3.8, 4) is 17.2 Å². The zero-order chi connectivity index (χ0) is 20.5. The van der Waals surface area contributed by atoms with Crippen LogP contribution in [0.2, 0.25) is 5.02 Å². The lowest BCUT2D eigenvalue weighted by molar-refractivity contribution is -0.120. The summed E-state index contributed by atoms with van der Waals surface area (Å²) >= 11 is 6.52. The molecule has 1 aromatic carbocycles. The maximum Gasteiger partial charge on any atom is 0.231 e. The highest BCUT2D eigenvalue weighted by Gasteiger charge is 2.35. The lowest BCUT2D eigenvalue weighted by Crippen LogP contribution is -2.28. The maximum absolute atomic E-state index is 13.5. The first kappa shape index (κ1) is 19.0. The zero-order valence-electron chi connectivity index (χ0n) is 15.0. The van der Waals surface area contributed by atoms with Gasteiger partial charge in [0.1, 0.15) is 17.6 Å². The van der Waals surface area contributed by atoms with Crippen molar-refractivity contribution in [2.24, 2.45) is 5.92 Å². The van der Waals surface area contributed by atoms with Crippen molar-refractivity contribution in [2.75, 3.05) is 11.4 Å². The number of amides is 1. The maximum atomic E-state index is 13.5. The lowest BCUT2D eigenvalue weighted by Gasteiger charge is -2.16. The number of rotatable bonds is 4. The fourth-order valence-corrected chi connectivity index (χ4v) is 3.90. The van der Waals surface area contributed by atoms with Crippen molar-refractivity contribution in [3.63, 3.8) is 0 Å². The fourth-order valence-electron chi connectivity index (χ4n) is 3.54. The van der Waals surface area contributed by atoms with E-state index in [1.54, 1.807) is 6.07 Å². The Labute approximate surface area is 169 Å². The van der Waals surface area contributed by atoms with Gasteiger partial charge in [0, 0.05) is 23.6 Å². The van der Waals surface area contributed by atoms with Gasteiger partial charge in [-0.05, 0) is 36.6 Å². The quantitative estimate of drug-likeness (QED) is 0.703. The zero-order valence-corrected chi connectivity index (χ0v) is 15.7. The number of carbonyl (C=O) groups excluding carboxylic acids is 1. The van der Waals surface area contributed by atoms with E-state index in [0.717, 1.165) is 12.1 Å². The molecule has 1 amide bonds. The van der Waals surface area contributed by atoms with Crippen molar-refractivity contribution in [1.82, 2.24) is 15.2 Å². The SMILES string of the molecule is N#Cc1[nH]c(N2CCC(Cc3ccc(F)c(F)c3)C2=O)c(Cl)c1-c1ccnnc1. The van der Waals surface area contributed by atoms with Gasteiger partial charge in [0.2, 0.25) is 5.91 Å². The third-order valence-corrected chi connectivity index (χ3v) is 5.33. The van der Waals surface area contributed by atoms with Gasteiger partial charge in [-0.1, -0.05) is 17.7 Å². The number of hydrogen-bond acceptors (Lipinski definition) is 4. The number of nitrogens with one attached hydrogen (secondary N) is 1. The molecule has 6 nitrogen and oxygen atoms in total. The van der Waals surface area contributed by atoms with Crippen molar-refractivity contribution < 1.29 is 13.6 Å². The molecule has 0 spiro atoms. The molecule has 2 aromatic heterocycles. The topological polar surface area (TPSA) is 85.7 Å². The first-order valence-corrected chi connectivity index (χ1v) is 9.21. The Hall–Kier alpha value is -3.31. The van der Waals surface area contributed by atoms with Crippen LogP contribution in [-0.2, 0) is 11.2 Å². The van der Waals surface area contributed by atoms with Crippen LogP contribution in [-0.4, -0.2) is 27.6 Å². The van der Waals surface area contributed by atoms with E-state index in [1.165, 1.54) is 23.4 Å². The van der Waals surface area contributed by atoms with Crippen LogP contribution in [0.25, 0.3) is 11.1 Å². The number of H-pyrrole nitrogens is 1. The van der Waals surface area contributed by atoms with Gasteiger partial charge in [0.15, 0.2) is 11.6 Å². The predicted molar refractivity (Wildman–Crippen MR) is 102 cm³/mol. The van der Waals surface area contributed by atoms with Crippen LogP contribution in [0.5, 0.6) is 0 Å². The van der Waals surface area contributed by atoms with Crippen LogP contribution in [0.15, 0.2) is 36.7 Å². The van der Waals surface area contributed by atoms with Gasteiger partial charge in [-0.15, -0.1) is 0 Å². The van der Waals surface area contributed by atoms with Crippen LogP contribution >= 0.6 is 11.6 Å². The molecule has 1 atom stereocenters. The minimum atomic E-state index is -0.938. The molecule has 1 unspecified atom stereocenters. The van der Waals surface area contributed by atoms with Crippen molar-refractivity contribution >= 4 is 23.3 Å². The van der Waals surface area contributed by atoms with E-state index in [1.807, 2.05) is 0 Å². The summed E-state index contributed by atoms with van der Waals surface area (Å²) in [4.78, 5) is 17.4. The third-order valence-electron chi connectivity index (χ3n) is 4.96. The third kappa shape index (κ3) is 3.45. The molecule has 0 saturated carbocycles. The molecular weight excluding hydrogens is 400 g/mol. The minimum absolute atomic E-state index is 0.193. The highest BCUT2D eigenvalue weighted by atomic mass is 35.5. The minimum Gasteiger partial charge on any atom is -0.331 e. The normalized spacial score (nSPS) is 16.3. The second-order valence-corrected chi connectivity index (χ2v) is 7.09. The van der Waals surface area contributed by atoms with E-state index in [4.69, 9.17) is 11.6 Å². The number of benzene rings is 1. The lowest BCUT2D eigenvalue weighted by atomic mass is 9.98. The fraction of sp³-hybridized carbons (Fsp3) is 0.200. The van der Waals surface area contributed by atoms with Gasteiger partial charge in [0.05, 0.1) is 17.4 Å². The van der Waals surface area contributed by atoms with Crippen molar-refractivity contribution in [3.05, 3.63) is 64.6 Å². The molecule has 9 heteroatoms. The van der Waals surface area contributed by atoms with Gasteiger partial charge in [-0.25, -0.2) is 8.78 Å². The summed E-state index contributed by atoms with van der Waals surface area (Å²) in [6, 6.07) is 7.35. The van der Waals surface area contributed by atoms with Gasteiger partial charge < -0.3 is 4.98 Å². The van der Waals surface area contributed by atoms with Crippen LogP contribution in [0, 0.1) is 28.9 Å². The molecule has 0 bridgehead atoms. The Bertz CT molecular complexity index is 1130. The number of aromatic amines is 1. The number of carbonyl (C=O) groups is 1. The van der Waals surface area contributed by atoms with Gasteiger partial charge in [-0.2, -0.15) is 15.5 Å². The van der Waals surface area contributed by atoms with Crippen LogP contribution in [0.1, 0.15) is 17.7 Å². The van der Waals surface area contributed by atoms with Gasteiger partial charge in [-0.3, -0.25) is 9.69 Å². The summed E-state index contributed by atoms with van der Waals surface area (Å²) in [6.07, 6.45) is 3.79. The molecule has 3 heterocycles. The molecular formula is C20H14ClF2N5O. The first-order chi connectivity index (χ1) is 14.0. The number of nitriles is 1. The number of nitrogens with zero attached hydrogens (tertiary/aromatic N) is 4. The highest BCUT2D eigenvalue weighted by Crippen LogP contribution is 2.40. The average Bonchev–Trinajstić information content (AvgIpc) is 3.25. The Balaban J connectivity index is 1.61. The monoisotopic (exact) mass is 413 g/mol. The molecule has 3 aromatic rings. The summed E-state index contributed by atoms with van der Waals surface area (Å²) in [5, 5.41) is 17.2. The average molecular weight is 414 g/mol.